The zero-order valence-corrected chi connectivity index (χ0v) is 23.8. The second-order valence-electron chi connectivity index (χ2n) is 10.0. The number of benzene rings is 4. The van der Waals surface area contributed by atoms with Gasteiger partial charge in [-0.1, -0.05) is 109 Å². The van der Waals surface area contributed by atoms with E-state index in [0.29, 0.717) is 0 Å². The number of hydrogen-bond donors (Lipinski definition) is 2. The Hall–Kier alpha value is -4.23. The molecule has 42 heavy (non-hydrogen) atoms. The maximum atomic E-state index is 13.7. The number of carbonyl (C=O) groups is 2. The molecule has 5 rings (SSSR count). The average Bonchev–Trinajstić information content (AvgIpc) is 3.34. The van der Waals surface area contributed by atoms with Crippen LogP contribution in [0.3, 0.4) is 0 Å². The third-order valence-electron chi connectivity index (χ3n) is 7.17. The summed E-state index contributed by atoms with van der Waals surface area (Å²) in [4.78, 5) is 24.8. The summed E-state index contributed by atoms with van der Waals surface area (Å²) in [5.74, 6) is -1.44. The van der Waals surface area contributed by atoms with E-state index in [2.05, 4.69) is 5.32 Å². The van der Waals surface area contributed by atoms with E-state index >= 15 is 0 Å². The smallest absolute Gasteiger partial charge is 0.407 e. The van der Waals surface area contributed by atoms with E-state index < -0.39 is 25.7 Å². The van der Waals surface area contributed by atoms with Gasteiger partial charge in [-0.15, -0.1) is 0 Å². The fourth-order valence-corrected chi connectivity index (χ4v) is 6.59. The number of amides is 1. The zero-order chi connectivity index (χ0) is 29.4. The van der Waals surface area contributed by atoms with E-state index in [1.165, 1.54) is 0 Å². The van der Waals surface area contributed by atoms with Crippen LogP contribution in [-0.2, 0) is 36.4 Å². The summed E-state index contributed by atoms with van der Waals surface area (Å²) in [6.45, 7) is 0.111. The number of fused-ring (bicyclic) bond motifs is 3. The summed E-state index contributed by atoms with van der Waals surface area (Å²) < 4.78 is 30.7. The van der Waals surface area contributed by atoms with Crippen LogP contribution in [0.4, 0.5) is 4.79 Å². The molecule has 0 saturated carbocycles. The first-order valence-corrected chi connectivity index (χ1v) is 15.4. The lowest BCUT2D eigenvalue weighted by Gasteiger charge is -2.21. The van der Waals surface area contributed by atoms with Crippen molar-refractivity contribution in [2.75, 3.05) is 12.8 Å². The Morgan fingerprint density at radius 3 is 1.71 bits per heavy atom. The SMILES string of the molecule is O=C(N[C@@H](CCP(=O)(OCc1ccccc1)OCc1ccccc1)C(=O)O)OCC1c2ccccc2-c2ccccc21. The Labute approximate surface area is 244 Å². The molecule has 1 aliphatic carbocycles. The molecule has 0 spiro atoms. The van der Waals surface area contributed by atoms with Crippen molar-refractivity contribution in [3.05, 3.63) is 131 Å². The monoisotopic (exact) mass is 585 g/mol. The second kappa shape index (κ2) is 13.6. The maximum Gasteiger partial charge on any atom is 0.407 e. The molecular formula is C33H32NO7P. The summed E-state index contributed by atoms with van der Waals surface area (Å²) in [6.07, 6.45) is -1.26. The van der Waals surface area contributed by atoms with Crippen LogP contribution < -0.4 is 5.32 Å². The molecule has 1 amide bonds. The predicted molar refractivity (Wildman–Crippen MR) is 159 cm³/mol. The second-order valence-corrected chi connectivity index (χ2v) is 12.2. The minimum Gasteiger partial charge on any atom is -0.480 e. The molecule has 4 aromatic carbocycles. The topological polar surface area (TPSA) is 111 Å². The Morgan fingerprint density at radius 1 is 0.738 bits per heavy atom. The van der Waals surface area contributed by atoms with Crippen LogP contribution in [-0.4, -0.2) is 36.0 Å². The quantitative estimate of drug-likeness (QED) is 0.163. The largest absolute Gasteiger partial charge is 0.480 e. The number of nitrogens with one attached hydrogen (secondary N) is 1. The molecule has 0 radical (unpaired) electrons. The molecule has 4 aromatic rings. The Kier molecular flexibility index (Phi) is 9.49. The summed E-state index contributed by atoms with van der Waals surface area (Å²) in [5.41, 5.74) is 5.88. The molecule has 0 saturated heterocycles. The lowest BCUT2D eigenvalue weighted by molar-refractivity contribution is -0.139. The van der Waals surface area contributed by atoms with Gasteiger partial charge in [0.25, 0.3) is 0 Å². The van der Waals surface area contributed by atoms with Gasteiger partial charge in [0.15, 0.2) is 0 Å². The van der Waals surface area contributed by atoms with Crippen molar-refractivity contribution in [3.8, 4) is 11.1 Å². The normalized spacial score (nSPS) is 13.1. The summed E-state index contributed by atoms with van der Waals surface area (Å²) in [5, 5.41) is 12.2. The Balaban J connectivity index is 1.21. The molecule has 0 aromatic heterocycles. The van der Waals surface area contributed by atoms with Crippen LogP contribution in [0.1, 0.15) is 34.6 Å². The molecule has 0 bridgehead atoms. The van der Waals surface area contributed by atoms with Crippen LogP contribution in [0.25, 0.3) is 11.1 Å². The van der Waals surface area contributed by atoms with Crippen LogP contribution in [0.2, 0.25) is 0 Å². The van der Waals surface area contributed by atoms with Crippen molar-refractivity contribution in [1.82, 2.24) is 5.32 Å². The predicted octanol–water partition coefficient (Wildman–Crippen LogP) is 7.00. The fraction of sp³-hybridized carbons (Fsp3) is 0.212. The summed E-state index contributed by atoms with van der Waals surface area (Å²) >= 11 is 0. The Morgan fingerprint density at radius 2 is 1.21 bits per heavy atom. The van der Waals surface area contributed by atoms with Crippen molar-refractivity contribution in [1.29, 1.82) is 0 Å². The fourth-order valence-electron chi connectivity index (χ4n) is 4.99. The molecule has 1 aliphatic rings. The maximum absolute atomic E-state index is 13.7. The third kappa shape index (κ3) is 7.34. The van der Waals surface area contributed by atoms with Gasteiger partial charge in [0.05, 0.1) is 19.4 Å². The highest BCUT2D eigenvalue weighted by Crippen LogP contribution is 2.50. The van der Waals surface area contributed by atoms with Gasteiger partial charge in [0, 0.05) is 5.92 Å². The summed E-state index contributed by atoms with van der Waals surface area (Å²) in [6, 6.07) is 33.0. The van der Waals surface area contributed by atoms with E-state index in [0.717, 1.165) is 33.4 Å². The van der Waals surface area contributed by atoms with Gasteiger partial charge in [-0.25, -0.2) is 9.59 Å². The van der Waals surface area contributed by atoms with Crippen molar-refractivity contribution >= 4 is 19.7 Å². The number of carboxylic acid groups (broad SMARTS) is 1. The van der Waals surface area contributed by atoms with Crippen LogP contribution in [0.5, 0.6) is 0 Å². The van der Waals surface area contributed by atoms with Crippen LogP contribution in [0, 0.1) is 0 Å². The number of aliphatic carboxylic acids is 1. The summed E-state index contributed by atoms with van der Waals surface area (Å²) in [7, 11) is -3.75. The molecule has 1 atom stereocenters. The molecule has 0 heterocycles. The first-order chi connectivity index (χ1) is 20.4. The minimum absolute atomic E-state index is 0.0322. The van der Waals surface area contributed by atoms with Gasteiger partial charge in [-0.2, -0.15) is 0 Å². The van der Waals surface area contributed by atoms with E-state index in [1.54, 1.807) is 0 Å². The van der Waals surface area contributed by atoms with Gasteiger partial charge in [-0.05, 0) is 39.8 Å². The number of ether oxygens (including phenoxy) is 1. The highest BCUT2D eigenvalue weighted by molar-refractivity contribution is 7.53. The van der Waals surface area contributed by atoms with Crippen molar-refractivity contribution in [2.45, 2.75) is 31.6 Å². The van der Waals surface area contributed by atoms with E-state index in [-0.39, 0.29) is 38.3 Å². The molecule has 0 unspecified atom stereocenters. The van der Waals surface area contributed by atoms with E-state index in [9.17, 15) is 19.3 Å². The highest BCUT2D eigenvalue weighted by Gasteiger charge is 2.32. The van der Waals surface area contributed by atoms with Crippen molar-refractivity contribution < 1.29 is 33.0 Å². The molecule has 0 aliphatic heterocycles. The molecule has 2 N–H and O–H groups in total. The molecular weight excluding hydrogens is 553 g/mol. The van der Waals surface area contributed by atoms with Gasteiger partial charge < -0.3 is 24.2 Å². The van der Waals surface area contributed by atoms with Crippen LogP contribution in [0.15, 0.2) is 109 Å². The number of carboxylic acids is 1. The molecule has 9 heteroatoms. The zero-order valence-electron chi connectivity index (χ0n) is 22.9. The highest BCUT2D eigenvalue weighted by atomic mass is 31.2. The minimum atomic E-state index is -3.75. The van der Waals surface area contributed by atoms with Crippen molar-refractivity contribution in [2.24, 2.45) is 0 Å². The van der Waals surface area contributed by atoms with E-state index in [1.807, 2.05) is 109 Å². The third-order valence-corrected chi connectivity index (χ3v) is 9.02. The van der Waals surface area contributed by atoms with Gasteiger partial charge in [0.2, 0.25) is 0 Å². The Bertz CT molecular complexity index is 1470. The first-order valence-electron chi connectivity index (χ1n) is 13.7. The first kappa shape index (κ1) is 29.3. The number of rotatable bonds is 13. The van der Waals surface area contributed by atoms with Gasteiger partial charge >= 0.3 is 19.7 Å². The lowest BCUT2D eigenvalue weighted by atomic mass is 9.98. The standard InChI is InChI=1S/C33H32NO7P/c35-32(36)31(34-33(37)39-23-30-28-17-9-7-15-26(28)27-16-8-10-18-29(27)30)19-20-42(38,40-21-24-11-3-1-4-12-24)41-22-25-13-5-2-6-14-25/h1-18,30-31H,19-23H2,(H,34,37)(H,35,36)/t31-/m0/s1. The number of carbonyl (C=O) groups excluding carboxylic acids is 1. The number of alkyl carbamates (subject to hydrolysis) is 1. The number of hydrogen-bond acceptors (Lipinski definition) is 6. The molecule has 216 valence electrons. The molecule has 8 nitrogen and oxygen atoms in total. The van der Waals surface area contributed by atoms with Crippen LogP contribution >= 0.6 is 7.60 Å². The molecule has 0 fully saturated rings. The van der Waals surface area contributed by atoms with E-state index in [4.69, 9.17) is 13.8 Å². The average molecular weight is 586 g/mol. The lowest BCUT2D eigenvalue weighted by Crippen LogP contribution is -2.42. The van der Waals surface area contributed by atoms with Gasteiger partial charge in [0.1, 0.15) is 12.6 Å². The van der Waals surface area contributed by atoms with Crippen molar-refractivity contribution in [3.63, 3.8) is 0 Å². The van der Waals surface area contributed by atoms with Gasteiger partial charge in [-0.3, -0.25) is 4.57 Å².